The second-order valence-electron chi connectivity index (χ2n) is 5.55. The van der Waals surface area contributed by atoms with E-state index in [4.69, 9.17) is 18.0 Å². The van der Waals surface area contributed by atoms with Crippen LogP contribution >= 0.6 is 12.2 Å². The first-order valence-electron chi connectivity index (χ1n) is 6.79. The van der Waals surface area contributed by atoms with Crippen LogP contribution in [0, 0.1) is 5.92 Å². The smallest absolute Gasteiger partial charge is 0.218 e. The van der Waals surface area contributed by atoms with Gasteiger partial charge in [-0.1, -0.05) is 36.5 Å². The van der Waals surface area contributed by atoms with Crippen molar-refractivity contribution < 1.29 is 13.5 Å². The third kappa shape index (κ3) is 4.00. The van der Waals surface area contributed by atoms with Gasteiger partial charge in [0.15, 0.2) is 0 Å². The largest absolute Gasteiger partial charge is 0.393 e. The molecule has 0 saturated heterocycles. The summed E-state index contributed by atoms with van der Waals surface area (Å²) in [5, 5.41) is 9.27. The van der Waals surface area contributed by atoms with E-state index in [1.54, 1.807) is 31.3 Å². The highest BCUT2D eigenvalue weighted by molar-refractivity contribution is 7.88. The summed E-state index contributed by atoms with van der Waals surface area (Å²) in [7, 11) is -1.85. The number of hydrogen-bond acceptors (Lipinski definition) is 4. The van der Waals surface area contributed by atoms with Gasteiger partial charge in [-0.25, -0.2) is 12.7 Å². The third-order valence-corrected chi connectivity index (χ3v) is 5.82. The van der Waals surface area contributed by atoms with E-state index in [1.807, 2.05) is 0 Å². The highest BCUT2D eigenvalue weighted by atomic mass is 32.2. The first-order chi connectivity index (χ1) is 9.79. The van der Waals surface area contributed by atoms with Crippen LogP contribution in [0.25, 0.3) is 0 Å². The van der Waals surface area contributed by atoms with Gasteiger partial charge in [0, 0.05) is 19.2 Å². The molecule has 1 fully saturated rings. The second kappa shape index (κ2) is 6.39. The fourth-order valence-corrected chi connectivity index (χ4v) is 4.02. The molecule has 1 aliphatic rings. The summed E-state index contributed by atoms with van der Waals surface area (Å²) in [6.07, 6.45) is 1.06. The quantitative estimate of drug-likeness (QED) is 0.757. The summed E-state index contributed by atoms with van der Waals surface area (Å²) in [4.78, 5) is 0.200. The lowest BCUT2D eigenvalue weighted by atomic mass is 9.82. The standard InChI is InChI=1S/C14H20N2O3S2/c1-16(8-10-6-12(17)7-10)21(18,19)9-11-4-2-3-5-13(11)14(15)20/h2-5,10,12,17H,6-9H2,1H3,(H2,15,20). The van der Waals surface area contributed by atoms with Crippen LogP contribution in [-0.2, 0) is 15.8 Å². The van der Waals surface area contributed by atoms with Gasteiger partial charge in [0.05, 0.1) is 11.9 Å². The third-order valence-electron chi connectivity index (χ3n) is 3.82. The molecule has 21 heavy (non-hydrogen) atoms. The zero-order valence-electron chi connectivity index (χ0n) is 11.9. The lowest BCUT2D eigenvalue weighted by Gasteiger charge is -2.34. The molecule has 2 rings (SSSR count). The zero-order chi connectivity index (χ0) is 15.6. The van der Waals surface area contributed by atoms with Crippen LogP contribution in [0.1, 0.15) is 24.0 Å². The number of sulfonamides is 1. The lowest BCUT2D eigenvalue weighted by Crippen LogP contribution is -2.40. The van der Waals surface area contributed by atoms with Crippen LogP contribution in [0.2, 0.25) is 0 Å². The minimum atomic E-state index is -3.42. The van der Waals surface area contributed by atoms with Crippen LogP contribution in [-0.4, -0.2) is 42.5 Å². The van der Waals surface area contributed by atoms with E-state index < -0.39 is 10.0 Å². The monoisotopic (exact) mass is 328 g/mol. The first kappa shape index (κ1) is 16.4. The summed E-state index contributed by atoms with van der Waals surface area (Å²) >= 11 is 4.96. The summed E-state index contributed by atoms with van der Waals surface area (Å²) < 4.78 is 26.2. The van der Waals surface area contributed by atoms with Gasteiger partial charge in [0.25, 0.3) is 0 Å². The van der Waals surface area contributed by atoms with Crippen LogP contribution < -0.4 is 5.73 Å². The highest BCUT2D eigenvalue weighted by Gasteiger charge is 2.31. The number of nitrogens with two attached hydrogens (primary N) is 1. The molecule has 116 valence electrons. The molecule has 1 saturated carbocycles. The molecule has 0 aliphatic heterocycles. The van der Waals surface area contributed by atoms with Gasteiger partial charge in [0.2, 0.25) is 10.0 Å². The van der Waals surface area contributed by atoms with Gasteiger partial charge in [-0.3, -0.25) is 0 Å². The van der Waals surface area contributed by atoms with Crippen molar-refractivity contribution in [2.75, 3.05) is 13.6 Å². The molecule has 1 aromatic rings. The Balaban J connectivity index is 2.08. The zero-order valence-corrected chi connectivity index (χ0v) is 13.5. The number of thiocarbonyl (C=S) groups is 1. The predicted molar refractivity (Wildman–Crippen MR) is 86.3 cm³/mol. The lowest BCUT2D eigenvalue weighted by molar-refractivity contribution is 0.0367. The van der Waals surface area contributed by atoms with Crippen LogP contribution in [0.4, 0.5) is 0 Å². The molecule has 0 spiro atoms. The summed E-state index contributed by atoms with van der Waals surface area (Å²) in [5.74, 6) is 0.123. The van der Waals surface area contributed by atoms with E-state index in [9.17, 15) is 13.5 Å². The van der Waals surface area contributed by atoms with Crippen LogP contribution in [0.15, 0.2) is 24.3 Å². The molecule has 0 amide bonds. The maximum absolute atomic E-state index is 12.4. The molecule has 0 atom stereocenters. The van der Waals surface area contributed by atoms with Crippen molar-refractivity contribution in [1.29, 1.82) is 0 Å². The van der Waals surface area contributed by atoms with E-state index in [0.717, 1.165) is 0 Å². The maximum atomic E-state index is 12.4. The molecule has 0 heterocycles. The Morgan fingerprint density at radius 1 is 1.43 bits per heavy atom. The van der Waals surface area contributed by atoms with E-state index in [-0.39, 0.29) is 22.8 Å². The topological polar surface area (TPSA) is 83.6 Å². The SMILES string of the molecule is CN(CC1CC(O)C1)S(=O)(=O)Cc1ccccc1C(N)=S. The van der Waals surface area contributed by atoms with Gasteiger partial charge in [-0.2, -0.15) is 0 Å². The molecule has 1 aliphatic carbocycles. The van der Waals surface area contributed by atoms with Crippen molar-refractivity contribution in [1.82, 2.24) is 4.31 Å². The average molecular weight is 328 g/mol. The maximum Gasteiger partial charge on any atom is 0.218 e. The Kier molecular flexibility index (Phi) is 4.98. The fraction of sp³-hybridized carbons (Fsp3) is 0.500. The van der Waals surface area contributed by atoms with Crippen LogP contribution in [0.5, 0.6) is 0 Å². The van der Waals surface area contributed by atoms with E-state index in [1.165, 1.54) is 4.31 Å². The van der Waals surface area contributed by atoms with Gasteiger partial charge < -0.3 is 10.8 Å². The normalized spacial score (nSPS) is 22.0. The molecule has 7 heteroatoms. The Morgan fingerprint density at radius 3 is 2.62 bits per heavy atom. The minimum Gasteiger partial charge on any atom is -0.393 e. The van der Waals surface area contributed by atoms with E-state index in [2.05, 4.69) is 0 Å². The van der Waals surface area contributed by atoms with Crippen molar-refractivity contribution >= 4 is 27.2 Å². The number of aliphatic hydroxyl groups is 1. The summed E-state index contributed by atoms with van der Waals surface area (Å²) in [6.45, 7) is 0.439. The second-order valence-corrected chi connectivity index (χ2v) is 8.07. The van der Waals surface area contributed by atoms with Gasteiger partial charge >= 0.3 is 0 Å². The van der Waals surface area contributed by atoms with Crippen molar-refractivity contribution in [2.45, 2.75) is 24.7 Å². The molecule has 1 aromatic carbocycles. The number of benzene rings is 1. The minimum absolute atomic E-state index is 0.119. The molecule has 0 bridgehead atoms. The van der Waals surface area contributed by atoms with E-state index in [0.29, 0.717) is 30.5 Å². The average Bonchev–Trinajstić information content (AvgIpc) is 2.36. The molecule has 0 aromatic heterocycles. The summed E-state index contributed by atoms with van der Waals surface area (Å²) in [6, 6.07) is 7.02. The Hall–Kier alpha value is -1.02. The van der Waals surface area contributed by atoms with Gasteiger partial charge in [-0.15, -0.1) is 0 Å². The number of aliphatic hydroxyl groups excluding tert-OH is 1. The highest BCUT2D eigenvalue weighted by Crippen LogP contribution is 2.28. The van der Waals surface area contributed by atoms with Crippen molar-refractivity contribution in [2.24, 2.45) is 11.7 Å². The van der Waals surface area contributed by atoms with Gasteiger partial charge in [0.1, 0.15) is 4.99 Å². The van der Waals surface area contributed by atoms with Crippen molar-refractivity contribution in [3.05, 3.63) is 35.4 Å². The number of nitrogens with zero attached hydrogens (tertiary/aromatic N) is 1. The van der Waals surface area contributed by atoms with Crippen LogP contribution in [0.3, 0.4) is 0 Å². The van der Waals surface area contributed by atoms with E-state index >= 15 is 0 Å². The molecular formula is C14H20N2O3S2. The Bertz CT molecular complexity index is 625. The van der Waals surface area contributed by atoms with Crippen molar-refractivity contribution in [3.63, 3.8) is 0 Å². The molecule has 0 radical (unpaired) electrons. The molecular weight excluding hydrogens is 308 g/mol. The Labute approximate surface area is 130 Å². The number of hydrogen-bond donors (Lipinski definition) is 2. The Morgan fingerprint density at radius 2 is 2.05 bits per heavy atom. The number of rotatable bonds is 6. The molecule has 3 N–H and O–H groups in total. The molecule has 0 unspecified atom stereocenters. The first-order valence-corrected chi connectivity index (χ1v) is 8.81. The molecule has 5 nitrogen and oxygen atoms in total. The predicted octanol–water partition coefficient (Wildman–Crippen LogP) is 0.853. The fourth-order valence-electron chi connectivity index (χ4n) is 2.52. The summed E-state index contributed by atoms with van der Waals surface area (Å²) in [5.41, 5.74) is 6.85. The van der Waals surface area contributed by atoms with Crippen molar-refractivity contribution in [3.8, 4) is 0 Å². The van der Waals surface area contributed by atoms with Gasteiger partial charge in [-0.05, 0) is 24.3 Å².